The minimum atomic E-state index is -0.369. The molecule has 0 amide bonds. The fraction of sp³-hybridized carbons (Fsp3) is 0.692. The van der Waals surface area contributed by atoms with E-state index in [1.54, 1.807) is 29.4 Å². The Hall–Kier alpha value is -1.05. The molecule has 1 aliphatic heterocycles. The standard InChI is InChI=1S/C10H14N2O3S.C2H6.CH4O/c1-6-4-12(10(15)11-9(6)14)8-3-2-7(5-13)16-8;2*1-2/h4,7-8,13H,2-3,5H2,1H3,(H,11,14,15);1-2H3;2H,1H3. The van der Waals surface area contributed by atoms with E-state index in [9.17, 15) is 9.59 Å². The van der Waals surface area contributed by atoms with Gasteiger partial charge in [0.15, 0.2) is 0 Å². The number of aryl methyl sites for hydroxylation is 1. The number of aliphatic hydroxyl groups excluding tert-OH is 2. The summed E-state index contributed by atoms with van der Waals surface area (Å²) in [6.07, 6.45) is 3.34. The normalized spacial score (nSPS) is 20.5. The number of aromatic nitrogens is 2. The summed E-state index contributed by atoms with van der Waals surface area (Å²) in [6.45, 7) is 5.82. The third-order valence-corrected chi connectivity index (χ3v) is 4.29. The van der Waals surface area contributed by atoms with E-state index in [-0.39, 0.29) is 28.5 Å². The molecule has 20 heavy (non-hydrogen) atoms. The summed E-state index contributed by atoms with van der Waals surface area (Å²) in [5, 5.41) is 16.3. The van der Waals surface area contributed by atoms with Crippen molar-refractivity contribution in [1.82, 2.24) is 9.55 Å². The van der Waals surface area contributed by atoms with Crippen molar-refractivity contribution >= 4 is 11.8 Å². The minimum absolute atomic E-state index is 0.0280. The van der Waals surface area contributed by atoms with Gasteiger partial charge in [0.1, 0.15) is 0 Å². The maximum Gasteiger partial charge on any atom is 0.329 e. The van der Waals surface area contributed by atoms with Crippen LogP contribution in [0.1, 0.15) is 37.6 Å². The third-order valence-electron chi connectivity index (χ3n) is 2.74. The number of nitrogens with one attached hydrogen (secondary N) is 1. The molecule has 0 radical (unpaired) electrons. The average Bonchev–Trinajstić information content (AvgIpc) is 2.96. The van der Waals surface area contributed by atoms with Gasteiger partial charge in [0, 0.05) is 24.1 Å². The molecule has 0 aliphatic carbocycles. The number of thioether (sulfide) groups is 1. The summed E-state index contributed by atoms with van der Waals surface area (Å²) in [6, 6.07) is 0. The number of hydrogen-bond donors (Lipinski definition) is 3. The number of aromatic amines is 1. The van der Waals surface area contributed by atoms with Crippen molar-refractivity contribution in [3.05, 3.63) is 32.6 Å². The first-order valence-electron chi connectivity index (χ1n) is 6.65. The van der Waals surface area contributed by atoms with Crippen molar-refractivity contribution in [2.75, 3.05) is 13.7 Å². The number of nitrogens with zero attached hydrogens (tertiary/aromatic N) is 1. The van der Waals surface area contributed by atoms with Crippen LogP contribution in [0.3, 0.4) is 0 Å². The van der Waals surface area contributed by atoms with Crippen LogP contribution in [0.15, 0.2) is 15.8 Å². The molecule has 7 heteroatoms. The smallest absolute Gasteiger partial charge is 0.329 e. The first-order valence-corrected chi connectivity index (χ1v) is 7.59. The fourth-order valence-corrected chi connectivity index (χ4v) is 3.19. The van der Waals surface area contributed by atoms with E-state index >= 15 is 0 Å². The molecule has 0 aromatic carbocycles. The van der Waals surface area contributed by atoms with Gasteiger partial charge in [-0.2, -0.15) is 0 Å². The molecule has 2 unspecified atom stereocenters. The molecule has 0 spiro atoms. The number of H-pyrrole nitrogens is 1. The largest absolute Gasteiger partial charge is 0.400 e. The maximum absolute atomic E-state index is 11.6. The van der Waals surface area contributed by atoms with E-state index in [0.29, 0.717) is 5.56 Å². The second-order valence-corrected chi connectivity index (χ2v) is 5.43. The quantitative estimate of drug-likeness (QED) is 0.753. The third kappa shape index (κ3) is 4.81. The van der Waals surface area contributed by atoms with E-state index in [1.165, 1.54) is 0 Å². The van der Waals surface area contributed by atoms with Gasteiger partial charge in [-0.15, -0.1) is 11.8 Å². The molecule has 6 nitrogen and oxygen atoms in total. The van der Waals surface area contributed by atoms with Gasteiger partial charge >= 0.3 is 5.69 Å². The van der Waals surface area contributed by atoms with Gasteiger partial charge in [0.25, 0.3) is 5.56 Å². The lowest BCUT2D eigenvalue weighted by molar-refractivity contribution is 0.292. The molecular weight excluding hydrogens is 280 g/mol. The predicted octanol–water partition coefficient (Wildman–Crippen LogP) is 0.866. The van der Waals surface area contributed by atoms with Gasteiger partial charge in [0.2, 0.25) is 0 Å². The number of hydrogen-bond acceptors (Lipinski definition) is 5. The van der Waals surface area contributed by atoms with Gasteiger partial charge in [-0.05, 0) is 19.8 Å². The van der Waals surface area contributed by atoms with Crippen molar-refractivity contribution in [3.63, 3.8) is 0 Å². The summed E-state index contributed by atoms with van der Waals surface area (Å²) in [5.41, 5.74) is -0.165. The van der Waals surface area contributed by atoms with Gasteiger partial charge in [-0.25, -0.2) is 4.79 Å². The van der Waals surface area contributed by atoms with E-state index in [1.807, 2.05) is 13.8 Å². The SMILES string of the molecule is CC.CO.Cc1cn(C2CCC(CO)S2)c(=O)[nH]c1=O. The first kappa shape index (κ1) is 18.9. The Morgan fingerprint density at radius 2 is 1.95 bits per heavy atom. The lowest BCUT2D eigenvalue weighted by Gasteiger charge is -2.13. The average molecular weight is 304 g/mol. The Morgan fingerprint density at radius 1 is 1.35 bits per heavy atom. The molecule has 1 saturated heterocycles. The lowest BCUT2D eigenvalue weighted by atomic mass is 10.2. The summed E-state index contributed by atoms with van der Waals surface area (Å²) < 4.78 is 1.55. The molecule has 1 aliphatic rings. The highest BCUT2D eigenvalue weighted by Crippen LogP contribution is 2.40. The molecular formula is C13H24N2O4S. The Balaban J connectivity index is 0.000000829. The van der Waals surface area contributed by atoms with Gasteiger partial charge in [-0.1, -0.05) is 13.8 Å². The summed E-state index contributed by atoms with van der Waals surface area (Å²) in [7, 11) is 1.00. The second-order valence-electron chi connectivity index (χ2n) is 3.95. The maximum atomic E-state index is 11.6. The Morgan fingerprint density at radius 3 is 2.45 bits per heavy atom. The van der Waals surface area contributed by atoms with Crippen LogP contribution >= 0.6 is 11.8 Å². The van der Waals surface area contributed by atoms with E-state index in [0.717, 1.165) is 20.0 Å². The molecule has 1 aromatic heterocycles. The lowest BCUT2D eigenvalue weighted by Crippen LogP contribution is -2.31. The monoisotopic (exact) mass is 304 g/mol. The van der Waals surface area contributed by atoms with Crippen LogP contribution in [0.4, 0.5) is 0 Å². The van der Waals surface area contributed by atoms with Crippen LogP contribution in [0.5, 0.6) is 0 Å². The predicted molar refractivity (Wildman–Crippen MR) is 82.3 cm³/mol. The van der Waals surface area contributed by atoms with Crippen LogP contribution in [0.2, 0.25) is 0 Å². The number of rotatable bonds is 2. The molecule has 3 N–H and O–H groups in total. The topological polar surface area (TPSA) is 95.3 Å². The Labute approximate surface area is 122 Å². The van der Waals surface area contributed by atoms with E-state index in [2.05, 4.69) is 4.98 Å². The Bertz CT molecular complexity index is 498. The van der Waals surface area contributed by atoms with Crippen LogP contribution in [0.25, 0.3) is 0 Å². The molecule has 0 bridgehead atoms. The van der Waals surface area contributed by atoms with Crippen LogP contribution < -0.4 is 11.2 Å². The van der Waals surface area contributed by atoms with Gasteiger partial charge < -0.3 is 10.2 Å². The summed E-state index contributed by atoms with van der Waals surface area (Å²) in [5.74, 6) is 0. The van der Waals surface area contributed by atoms with Crippen LogP contribution in [-0.4, -0.2) is 38.7 Å². The zero-order chi connectivity index (χ0) is 15.7. The van der Waals surface area contributed by atoms with E-state index < -0.39 is 0 Å². The van der Waals surface area contributed by atoms with Crippen LogP contribution in [-0.2, 0) is 0 Å². The molecule has 0 saturated carbocycles. The van der Waals surface area contributed by atoms with Crippen molar-refractivity contribution in [3.8, 4) is 0 Å². The molecule has 2 heterocycles. The first-order chi connectivity index (χ1) is 9.61. The fourth-order valence-electron chi connectivity index (χ4n) is 1.83. The molecule has 1 fully saturated rings. The van der Waals surface area contributed by atoms with Crippen molar-refractivity contribution in [2.45, 2.75) is 44.2 Å². The molecule has 2 rings (SSSR count). The summed E-state index contributed by atoms with van der Waals surface area (Å²) >= 11 is 1.58. The summed E-state index contributed by atoms with van der Waals surface area (Å²) in [4.78, 5) is 25.1. The zero-order valence-electron chi connectivity index (χ0n) is 12.4. The van der Waals surface area contributed by atoms with Crippen LogP contribution in [0, 0.1) is 6.92 Å². The molecule has 2 atom stereocenters. The van der Waals surface area contributed by atoms with Crippen molar-refractivity contribution in [2.24, 2.45) is 0 Å². The second kappa shape index (κ2) is 9.79. The van der Waals surface area contributed by atoms with Gasteiger partial charge in [0.05, 0.1) is 12.0 Å². The minimum Gasteiger partial charge on any atom is -0.400 e. The molecule has 1 aromatic rings. The molecule has 116 valence electrons. The zero-order valence-corrected chi connectivity index (χ0v) is 13.2. The highest BCUT2D eigenvalue weighted by atomic mass is 32.2. The van der Waals surface area contributed by atoms with E-state index in [4.69, 9.17) is 10.2 Å². The number of aliphatic hydroxyl groups is 2. The van der Waals surface area contributed by atoms with Crippen molar-refractivity contribution in [1.29, 1.82) is 0 Å². The highest BCUT2D eigenvalue weighted by Gasteiger charge is 2.26. The Kier molecular flexibility index (Phi) is 9.28. The van der Waals surface area contributed by atoms with Gasteiger partial charge in [-0.3, -0.25) is 14.3 Å². The highest BCUT2D eigenvalue weighted by molar-refractivity contribution is 8.00. The van der Waals surface area contributed by atoms with Crippen molar-refractivity contribution < 1.29 is 10.2 Å².